The van der Waals surface area contributed by atoms with E-state index < -0.39 is 0 Å². The fourth-order valence-corrected chi connectivity index (χ4v) is 1.62. The summed E-state index contributed by atoms with van der Waals surface area (Å²) in [4.78, 5) is 0. The molecule has 1 aromatic heterocycles. The molecule has 0 spiro atoms. The molecular weight excluding hydrogens is 186 g/mol. The zero-order chi connectivity index (χ0) is 11.3. The summed E-state index contributed by atoms with van der Waals surface area (Å²) in [7, 11) is 0. The van der Waals surface area contributed by atoms with Crippen LogP contribution in [-0.2, 0) is 6.54 Å². The van der Waals surface area contributed by atoms with Crippen LogP contribution in [0, 0.1) is 12.8 Å². The van der Waals surface area contributed by atoms with Gasteiger partial charge in [-0.1, -0.05) is 20.8 Å². The summed E-state index contributed by atoms with van der Waals surface area (Å²) in [6.07, 6.45) is 3.05. The van der Waals surface area contributed by atoms with Gasteiger partial charge in [-0.2, -0.15) is 5.10 Å². The van der Waals surface area contributed by atoms with Crippen LogP contribution in [0.4, 0.5) is 0 Å². The number of rotatable bonds is 6. The van der Waals surface area contributed by atoms with E-state index in [0.717, 1.165) is 13.1 Å². The molecular formula is C12H23N3. The fourth-order valence-electron chi connectivity index (χ4n) is 1.62. The summed E-state index contributed by atoms with van der Waals surface area (Å²) in [6, 6.07) is 2.57. The highest BCUT2D eigenvalue weighted by Crippen LogP contribution is 2.06. The minimum absolute atomic E-state index is 0.517. The first kappa shape index (κ1) is 12.2. The lowest BCUT2D eigenvalue weighted by atomic mass is 10.0. The van der Waals surface area contributed by atoms with Gasteiger partial charge in [-0.15, -0.1) is 0 Å². The normalized spacial score (nSPS) is 13.4. The standard InChI is InChI=1S/C12H23N3/c1-5-7-13-12(10(2)3)9-15-11(4)6-8-14-15/h6,8,10,12-13H,5,7,9H2,1-4H3. The summed E-state index contributed by atoms with van der Waals surface area (Å²) in [5, 5.41) is 7.90. The molecule has 15 heavy (non-hydrogen) atoms. The number of nitrogens with one attached hydrogen (secondary N) is 1. The Morgan fingerprint density at radius 1 is 1.47 bits per heavy atom. The zero-order valence-electron chi connectivity index (χ0n) is 10.3. The van der Waals surface area contributed by atoms with E-state index in [4.69, 9.17) is 0 Å². The average molecular weight is 209 g/mol. The predicted octanol–water partition coefficient (Wildman–Crippen LogP) is 2.22. The van der Waals surface area contributed by atoms with Crippen molar-refractivity contribution in [3.05, 3.63) is 18.0 Å². The van der Waals surface area contributed by atoms with Gasteiger partial charge in [-0.25, -0.2) is 0 Å². The molecule has 3 nitrogen and oxygen atoms in total. The second-order valence-electron chi connectivity index (χ2n) is 4.46. The molecule has 0 aliphatic rings. The van der Waals surface area contributed by atoms with Crippen molar-refractivity contribution < 1.29 is 0 Å². The van der Waals surface area contributed by atoms with Gasteiger partial charge in [-0.3, -0.25) is 4.68 Å². The van der Waals surface area contributed by atoms with Gasteiger partial charge in [-0.05, 0) is 31.9 Å². The van der Waals surface area contributed by atoms with Crippen LogP contribution in [0.3, 0.4) is 0 Å². The first-order chi connectivity index (χ1) is 7.15. The molecule has 1 rings (SSSR count). The van der Waals surface area contributed by atoms with Crippen LogP contribution in [0.25, 0.3) is 0 Å². The second-order valence-corrected chi connectivity index (χ2v) is 4.46. The molecule has 0 saturated carbocycles. The van der Waals surface area contributed by atoms with Crippen LogP contribution >= 0.6 is 0 Å². The quantitative estimate of drug-likeness (QED) is 0.778. The number of hydrogen-bond acceptors (Lipinski definition) is 2. The third kappa shape index (κ3) is 3.67. The topological polar surface area (TPSA) is 29.9 Å². The molecule has 0 amide bonds. The van der Waals surface area contributed by atoms with Crippen molar-refractivity contribution in [3.63, 3.8) is 0 Å². The van der Waals surface area contributed by atoms with E-state index in [9.17, 15) is 0 Å². The number of nitrogens with zero attached hydrogens (tertiary/aromatic N) is 2. The molecule has 3 heteroatoms. The van der Waals surface area contributed by atoms with Gasteiger partial charge in [0.05, 0.1) is 6.54 Å². The van der Waals surface area contributed by atoms with E-state index in [-0.39, 0.29) is 0 Å². The highest BCUT2D eigenvalue weighted by molar-refractivity contribution is 4.97. The Bertz CT molecular complexity index is 278. The van der Waals surface area contributed by atoms with Crippen molar-refractivity contribution in [2.75, 3.05) is 6.54 Å². The van der Waals surface area contributed by atoms with E-state index in [1.807, 2.05) is 6.20 Å². The minimum Gasteiger partial charge on any atom is -0.312 e. The summed E-state index contributed by atoms with van der Waals surface area (Å²) < 4.78 is 2.08. The van der Waals surface area contributed by atoms with E-state index >= 15 is 0 Å². The number of aromatic nitrogens is 2. The van der Waals surface area contributed by atoms with E-state index in [0.29, 0.717) is 12.0 Å². The summed E-state index contributed by atoms with van der Waals surface area (Å²) in [5.74, 6) is 0.639. The van der Waals surface area contributed by atoms with Crippen molar-refractivity contribution in [1.82, 2.24) is 15.1 Å². The van der Waals surface area contributed by atoms with Crippen LogP contribution in [-0.4, -0.2) is 22.4 Å². The Morgan fingerprint density at radius 3 is 2.67 bits per heavy atom. The van der Waals surface area contributed by atoms with E-state index in [1.54, 1.807) is 0 Å². The van der Waals surface area contributed by atoms with Gasteiger partial charge in [0.1, 0.15) is 0 Å². The Morgan fingerprint density at radius 2 is 2.20 bits per heavy atom. The zero-order valence-corrected chi connectivity index (χ0v) is 10.3. The van der Waals surface area contributed by atoms with Gasteiger partial charge in [0.25, 0.3) is 0 Å². The number of aryl methyl sites for hydroxylation is 1. The highest BCUT2D eigenvalue weighted by Gasteiger charge is 2.13. The summed E-state index contributed by atoms with van der Waals surface area (Å²) in [6.45, 7) is 10.9. The molecule has 0 saturated heterocycles. The van der Waals surface area contributed by atoms with Gasteiger partial charge >= 0.3 is 0 Å². The van der Waals surface area contributed by atoms with Crippen molar-refractivity contribution in [2.45, 2.75) is 46.7 Å². The Balaban J connectivity index is 2.54. The Labute approximate surface area is 92.9 Å². The molecule has 1 aromatic rings. The first-order valence-electron chi connectivity index (χ1n) is 5.87. The van der Waals surface area contributed by atoms with Gasteiger partial charge < -0.3 is 5.32 Å². The van der Waals surface area contributed by atoms with Crippen molar-refractivity contribution >= 4 is 0 Å². The average Bonchev–Trinajstić information content (AvgIpc) is 2.58. The minimum atomic E-state index is 0.517. The summed E-state index contributed by atoms with van der Waals surface area (Å²) >= 11 is 0. The molecule has 1 N–H and O–H groups in total. The third-order valence-corrected chi connectivity index (χ3v) is 2.76. The smallest absolute Gasteiger partial charge is 0.0568 e. The van der Waals surface area contributed by atoms with Gasteiger partial charge in [0, 0.05) is 17.9 Å². The van der Waals surface area contributed by atoms with E-state index in [2.05, 4.69) is 48.9 Å². The lowest BCUT2D eigenvalue weighted by Gasteiger charge is -2.22. The number of hydrogen-bond donors (Lipinski definition) is 1. The SMILES string of the molecule is CCCNC(Cn1nccc1C)C(C)C. The molecule has 0 aliphatic carbocycles. The highest BCUT2D eigenvalue weighted by atomic mass is 15.3. The van der Waals surface area contributed by atoms with Crippen LogP contribution in [0.15, 0.2) is 12.3 Å². The Kier molecular flexibility index (Phi) is 4.82. The maximum atomic E-state index is 4.32. The van der Waals surface area contributed by atoms with Crippen molar-refractivity contribution in [2.24, 2.45) is 5.92 Å². The monoisotopic (exact) mass is 209 g/mol. The molecule has 0 aromatic carbocycles. The first-order valence-corrected chi connectivity index (χ1v) is 5.87. The lowest BCUT2D eigenvalue weighted by Crippen LogP contribution is -2.38. The Hall–Kier alpha value is -0.830. The molecule has 1 unspecified atom stereocenters. The van der Waals surface area contributed by atoms with Gasteiger partial charge in [0.15, 0.2) is 0 Å². The fraction of sp³-hybridized carbons (Fsp3) is 0.750. The maximum Gasteiger partial charge on any atom is 0.0568 e. The van der Waals surface area contributed by atoms with Crippen LogP contribution < -0.4 is 5.32 Å². The van der Waals surface area contributed by atoms with Crippen LogP contribution in [0.1, 0.15) is 32.9 Å². The predicted molar refractivity (Wildman–Crippen MR) is 63.9 cm³/mol. The largest absolute Gasteiger partial charge is 0.312 e. The van der Waals surface area contributed by atoms with Gasteiger partial charge in [0.2, 0.25) is 0 Å². The summed E-state index contributed by atoms with van der Waals surface area (Å²) in [5.41, 5.74) is 1.24. The van der Waals surface area contributed by atoms with Crippen molar-refractivity contribution in [3.8, 4) is 0 Å². The molecule has 0 aliphatic heterocycles. The molecule has 0 fully saturated rings. The lowest BCUT2D eigenvalue weighted by molar-refractivity contribution is 0.340. The molecule has 0 radical (unpaired) electrons. The van der Waals surface area contributed by atoms with Crippen LogP contribution in [0.2, 0.25) is 0 Å². The molecule has 0 bridgehead atoms. The molecule has 1 atom stereocenters. The van der Waals surface area contributed by atoms with Crippen LogP contribution in [0.5, 0.6) is 0 Å². The second kappa shape index (κ2) is 5.91. The van der Waals surface area contributed by atoms with E-state index in [1.165, 1.54) is 12.1 Å². The van der Waals surface area contributed by atoms with Crippen molar-refractivity contribution in [1.29, 1.82) is 0 Å². The molecule has 1 heterocycles. The third-order valence-electron chi connectivity index (χ3n) is 2.76. The maximum absolute atomic E-state index is 4.32. The molecule has 86 valence electrons.